The van der Waals surface area contributed by atoms with E-state index in [1.165, 1.54) is 64.6 Å². The van der Waals surface area contributed by atoms with Gasteiger partial charge in [-0.1, -0.05) is 243 Å². The van der Waals surface area contributed by atoms with Gasteiger partial charge in [0.1, 0.15) is 0 Å². The summed E-state index contributed by atoms with van der Waals surface area (Å²) in [5.41, 5.74) is 17.8. The molecule has 0 radical (unpaired) electrons. The fourth-order valence-electron chi connectivity index (χ4n) is 13.4. The largest absolute Gasteiger partial charge is 0.256 e. The van der Waals surface area contributed by atoms with Crippen molar-refractivity contribution in [1.29, 1.82) is 0 Å². The van der Waals surface area contributed by atoms with Crippen LogP contribution in [-0.2, 0) is 0 Å². The molecule has 0 saturated carbocycles. The summed E-state index contributed by atoms with van der Waals surface area (Å²) in [4.78, 5) is 31.0. The van der Waals surface area contributed by atoms with Gasteiger partial charge in [-0.05, 0) is 123 Å². The van der Waals surface area contributed by atoms with Crippen molar-refractivity contribution in [1.82, 2.24) is 29.9 Å². The number of para-hydroxylation sites is 2. The Morgan fingerprint density at radius 1 is 0.193 bits per heavy atom. The topological polar surface area (TPSA) is 77.3 Å². The Morgan fingerprint density at radius 2 is 0.500 bits per heavy atom. The summed E-state index contributed by atoms with van der Waals surface area (Å²) in [7, 11) is 0. The lowest BCUT2D eigenvalue weighted by molar-refractivity contribution is 1.18. The average molecular weight is 1120 g/mol. The van der Waals surface area contributed by atoms with Crippen LogP contribution in [0.25, 0.3) is 188 Å². The summed E-state index contributed by atoms with van der Waals surface area (Å²) in [5, 5.41) is 17.0. The van der Waals surface area contributed by atoms with E-state index in [1.54, 1.807) is 0 Å². The second-order valence-electron chi connectivity index (χ2n) is 23.0. The molecule has 406 valence electrons. The standard InChI is InChI=1S/C82H48N6/c1-3-13-71-63(7-1)43-65(47-83-71)51-15-23-53(24-16-51)73-45-75(67-39-35-59-29-27-55-9-5-11-57-37-41-69(67)79(59)77(55)57)87-81(85-73)61-31-19-49(20-32-61)50-21-33-62(34-22-50)82-86-74(54-25-17-52(18-26-54)66-44-64-8-2-4-14-72(64)84-48-66)46-76(88-82)68-40-36-60-30-28-56-10-6-12-58-38-42-70(68)80(60)78(56)58/h1-48H. The first-order valence-corrected chi connectivity index (χ1v) is 29.8. The van der Waals surface area contributed by atoms with Crippen molar-refractivity contribution in [3.8, 4) is 101 Å². The third kappa shape index (κ3) is 8.33. The van der Waals surface area contributed by atoms with Crippen LogP contribution in [0.2, 0.25) is 0 Å². The summed E-state index contributed by atoms with van der Waals surface area (Å²) in [6.07, 6.45) is 3.91. The first-order chi connectivity index (χ1) is 43.5. The highest BCUT2D eigenvalue weighted by molar-refractivity contribution is 6.26. The van der Waals surface area contributed by atoms with Crippen LogP contribution in [0.1, 0.15) is 0 Å². The molecule has 4 aromatic heterocycles. The van der Waals surface area contributed by atoms with E-state index in [1.807, 2.05) is 36.7 Å². The minimum absolute atomic E-state index is 0.653. The van der Waals surface area contributed by atoms with Crippen LogP contribution in [0.3, 0.4) is 0 Å². The van der Waals surface area contributed by atoms with E-state index in [-0.39, 0.29) is 0 Å². The minimum atomic E-state index is 0.653. The number of aromatic nitrogens is 6. The van der Waals surface area contributed by atoms with Crippen LogP contribution >= 0.6 is 0 Å². The maximum Gasteiger partial charge on any atom is 0.160 e. The number of nitrogens with zero attached hydrogens (tertiary/aromatic N) is 6. The molecule has 0 saturated heterocycles. The molecule has 0 bridgehead atoms. The van der Waals surface area contributed by atoms with Crippen molar-refractivity contribution in [3.63, 3.8) is 0 Å². The third-order valence-corrected chi connectivity index (χ3v) is 17.9. The zero-order valence-corrected chi connectivity index (χ0v) is 47.4. The fourth-order valence-corrected chi connectivity index (χ4v) is 13.4. The van der Waals surface area contributed by atoms with Gasteiger partial charge in [0.15, 0.2) is 11.6 Å². The average Bonchev–Trinajstić information content (AvgIpc) is 2.11. The minimum Gasteiger partial charge on any atom is -0.256 e. The SMILES string of the molecule is c1ccc2ncc(-c3ccc(-c4cc(-c5ccc6ccc7cccc8ccc5c6c78)nc(-c5ccc(-c6ccc(-c7nc(-c8ccc(-c9cnc%10ccccc%10c9)cc8)cc(-c8ccc9ccc%10cccc%11ccc8c9c%10%11)n7)cc6)cc5)n4)cc3)cc2c1. The molecule has 0 N–H and O–H groups in total. The molecular weight excluding hydrogens is 1070 g/mol. The van der Waals surface area contributed by atoms with Crippen LogP contribution in [-0.4, -0.2) is 29.9 Å². The number of hydrogen-bond donors (Lipinski definition) is 0. The van der Waals surface area contributed by atoms with Crippen molar-refractivity contribution in [2.24, 2.45) is 0 Å². The molecule has 88 heavy (non-hydrogen) atoms. The molecule has 6 heteroatoms. The molecule has 18 rings (SSSR count). The van der Waals surface area contributed by atoms with E-state index in [0.29, 0.717) is 11.6 Å². The predicted molar refractivity (Wildman–Crippen MR) is 365 cm³/mol. The Morgan fingerprint density at radius 3 is 0.909 bits per heavy atom. The quantitative estimate of drug-likeness (QED) is 0.134. The zero-order valence-electron chi connectivity index (χ0n) is 47.4. The van der Waals surface area contributed by atoms with Crippen LogP contribution in [0.5, 0.6) is 0 Å². The zero-order chi connectivity index (χ0) is 57.8. The molecule has 0 fully saturated rings. The molecule has 6 nitrogen and oxygen atoms in total. The van der Waals surface area contributed by atoms with Crippen molar-refractivity contribution in [3.05, 3.63) is 291 Å². The molecule has 0 spiro atoms. The number of pyridine rings is 2. The van der Waals surface area contributed by atoms with Crippen LogP contribution in [0.4, 0.5) is 0 Å². The summed E-state index contributed by atoms with van der Waals surface area (Å²) in [5.74, 6) is 1.31. The van der Waals surface area contributed by atoms with Gasteiger partial charge in [0.25, 0.3) is 0 Å². The summed E-state index contributed by atoms with van der Waals surface area (Å²) in [6.45, 7) is 0. The van der Waals surface area contributed by atoms with E-state index in [9.17, 15) is 0 Å². The predicted octanol–water partition coefficient (Wildman–Crippen LogP) is 21.2. The number of hydrogen-bond acceptors (Lipinski definition) is 6. The van der Waals surface area contributed by atoms with Gasteiger partial charge in [-0.25, -0.2) is 19.9 Å². The van der Waals surface area contributed by atoms with E-state index in [4.69, 9.17) is 29.9 Å². The van der Waals surface area contributed by atoms with Gasteiger partial charge in [-0.2, -0.15) is 0 Å². The molecule has 14 aromatic carbocycles. The molecule has 0 atom stereocenters. The highest BCUT2D eigenvalue weighted by atomic mass is 14.9. The lowest BCUT2D eigenvalue weighted by Gasteiger charge is -2.15. The van der Waals surface area contributed by atoms with Crippen molar-refractivity contribution >= 4 is 86.4 Å². The maximum atomic E-state index is 5.41. The second kappa shape index (κ2) is 19.9. The molecule has 0 aliphatic carbocycles. The van der Waals surface area contributed by atoms with Gasteiger partial charge in [0.05, 0.1) is 33.8 Å². The first kappa shape index (κ1) is 49.6. The lowest BCUT2D eigenvalue weighted by Crippen LogP contribution is -1.97. The van der Waals surface area contributed by atoms with Gasteiger partial charge >= 0.3 is 0 Å². The summed E-state index contributed by atoms with van der Waals surface area (Å²) in [6, 6.07) is 99.6. The normalized spacial score (nSPS) is 11.9. The monoisotopic (exact) mass is 1120 g/mol. The van der Waals surface area contributed by atoms with Gasteiger partial charge in [0.2, 0.25) is 0 Å². The third-order valence-electron chi connectivity index (χ3n) is 17.9. The van der Waals surface area contributed by atoms with Gasteiger partial charge in [-0.15, -0.1) is 0 Å². The smallest absolute Gasteiger partial charge is 0.160 e. The van der Waals surface area contributed by atoms with E-state index in [2.05, 4.69) is 255 Å². The highest BCUT2D eigenvalue weighted by Crippen LogP contribution is 2.43. The summed E-state index contributed by atoms with van der Waals surface area (Å²) < 4.78 is 0. The van der Waals surface area contributed by atoms with Gasteiger partial charge in [-0.3, -0.25) is 9.97 Å². The fraction of sp³-hybridized carbons (Fsp3) is 0. The Kier molecular flexibility index (Phi) is 11.2. The number of benzene rings is 14. The van der Waals surface area contributed by atoms with Crippen molar-refractivity contribution in [2.75, 3.05) is 0 Å². The number of fused-ring (bicyclic) bond motifs is 2. The van der Waals surface area contributed by atoms with E-state index < -0.39 is 0 Å². The lowest BCUT2D eigenvalue weighted by atomic mass is 9.91. The van der Waals surface area contributed by atoms with Crippen LogP contribution in [0, 0.1) is 0 Å². The molecular formula is C82H48N6. The van der Waals surface area contributed by atoms with Gasteiger partial charge < -0.3 is 0 Å². The van der Waals surface area contributed by atoms with Gasteiger partial charge in [0, 0.05) is 67.7 Å². The Bertz CT molecular complexity index is 5390. The van der Waals surface area contributed by atoms with Crippen LogP contribution in [0.15, 0.2) is 291 Å². The first-order valence-electron chi connectivity index (χ1n) is 29.8. The van der Waals surface area contributed by atoms with E-state index in [0.717, 1.165) is 111 Å². The molecule has 0 aliphatic heterocycles. The number of rotatable bonds is 9. The summed E-state index contributed by atoms with van der Waals surface area (Å²) >= 11 is 0. The molecule has 4 heterocycles. The Labute approximate surface area is 506 Å². The second-order valence-corrected chi connectivity index (χ2v) is 23.0. The Balaban J connectivity index is 0.710. The van der Waals surface area contributed by atoms with Crippen molar-refractivity contribution < 1.29 is 0 Å². The molecule has 0 amide bonds. The molecule has 0 aliphatic rings. The Hall–Kier alpha value is -11.9. The van der Waals surface area contributed by atoms with Crippen molar-refractivity contribution in [2.45, 2.75) is 0 Å². The highest BCUT2D eigenvalue weighted by Gasteiger charge is 2.20. The van der Waals surface area contributed by atoms with Crippen LogP contribution < -0.4 is 0 Å². The van der Waals surface area contributed by atoms with E-state index >= 15 is 0 Å². The molecule has 18 aromatic rings. The molecule has 0 unspecified atom stereocenters. The maximum absolute atomic E-state index is 5.41.